The van der Waals surface area contributed by atoms with E-state index in [0.717, 1.165) is 33.1 Å². The van der Waals surface area contributed by atoms with Gasteiger partial charge in [-0.3, -0.25) is 9.59 Å². The van der Waals surface area contributed by atoms with E-state index in [-0.39, 0.29) is 17.9 Å². The molecule has 160 valence electrons. The van der Waals surface area contributed by atoms with E-state index in [2.05, 4.69) is 20.2 Å². The van der Waals surface area contributed by atoms with Gasteiger partial charge in [0.15, 0.2) is 0 Å². The van der Waals surface area contributed by atoms with Crippen molar-refractivity contribution in [3.8, 4) is 5.75 Å². The Bertz CT molecular complexity index is 1070. The SMILES string of the molecule is Cc1sc2nc(CCC(=O)NCc3ccc(OCCN(C)C)cc3)[nH]c(=O)c2c1C. The van der Waals surface area contributed by atoms with Gasteiger partial charge in [-0.1, -0.05) is 12.1 Å². The van der Waals surface area contributed by atoms with Crippen molar-refractivity contribution >= 4 is 27.5 Å². The summed E-state index contributed by atoms with van der Waals surface area (Å²) in [6.45, 7) is 5.85. The highest BCUT2D eigenvalue weighted by Crippen LogP contribution is 2.25. The van der Waals surface area contributed by atoms with Gasteiger partial charge in [0.2, 0.25) is 5.91 Å². The number of aromatic nitrogens is 2. The van der Waals surface area contributed by atoms with Gasteiger partial charge in [0.1, 0.15) is 23.0 Å². The Labute approximate surface area is 180 Å². The molecular weight excluding hydrogens is 400 g/mol. The van der Waals surface area contributed by atoms with Crippen molar-refractivity contribution in [3.05, 3.63) is 56.4 Å². The molecule has 0 unspecified atom stereocenters. The van der Waals surface area contributed by atoms with Crippen molar-refractivity contribution in [2.45, 2.75) is 33.2 Å². The van der Waals surface area contributed by atoms with E-state index in [1.165, 1.54) is 11.3 Å². The number of carbonyl (C=O) groups is 1. The largest absolute Gasteiger partial charge is 0.492 e. The van der Waals surface area contributed by atoms with Crippen LogP contribution in [0.2, 0.25) is 0 Å². The highest BCUT2D eigenvalue weighted by molar-refractivity contribution is 7.18. The van der Waals surface area contributed by atoms with Gasteiger partial charge in [-0.15, -0.1) is 11.3 Å². The Morgan fingerprint density at radius 1 is 1.23 bits per heavy atom. The highest BCUT2D eigenvalue weighted by Gasteiger charge is 2.12. The Morgan fingerprint density at radius 2 is 1.97 bits per heavy atom. The molecule has 0 aliphatic carbocycles. The lowest BCUT2D eigenvalue weighted by molar-refractivity contribution is -0.121. The second kappa shape index (κ2) is 9.86. The van der Waals surface area contributed by atoms with Crippen LogP contribution in [0.5, 0.6) is 5.75 Å². The maximum Gasteiger partial charge on any atom is 0.259 e. The lowest BCUT2D eigenvalue weighted by Crippen LogP contribution is -2.23. The third-order valence-electron chi connectivity index (χ3n) is 4.90. The fraction of sp³-hybridized carbons (Fsp3) is 0.409. The fourth-order valence-corrected chi connectivity index (χ4v) is 4.04. The summed E-state index contributed by atoms with van der Waals surface area (Å²) in [5.74, 6) is 1.28. The van der Waals surface area contributed by atoms with Crippen molar-refractivity contribution in [1.29, 1.82) is 0 Å². The van der Waals surface area contributed by atoms with E-state index in [9.17, 15) is 9.59 Å². The van der Waals surface area contributed by atoms with E-state index in [0.29, 0.717) is 30.8 Å². The van der Waals surface area contributed by atoms with Gasteiger partial charge >= 0.3 is 0 Å². The van der Waals surface area contributed by atoms with Crippen LogP contribution in [0.4, 0.5) is 0 Å². The second-order valence-electron chi connectivity index (χ2n) is 7.55. The van der Waals surface area contributed by atoms with Crippen LogP contribution in [0.15, 0.2) is 29.1 Å². The molecule has 3 rings (SSSR count). The summed E-state index contributed by atoms with van der Waals surface area (Å²) >= 11 is 1.51. The van der Waals surface area contributed by atoms with E-state index >= 15 is 0 Å². The van der Waals surface area contributed by atoms with E-state index < -0.39 is 0 Å². The summed E-state index contributed by atoms with van der Waals surface area (Å²) in [6, 6.07) is 7.71. The molecule has 7 nitrogen and oxygen atoms in total. The third kappa shape index (κ3) is 5.67. The van der Waals surface area contributed by atoms with Crippen LogP contribution < -0.4 is 15.6 Å². The number of likely N-dealkylation sites (N-methyl/N-ethyl adjacent to an activating group) is 1. The Hall–Kier alpha value is -2.71. The number of benzene rings is 1. The normalized spacial score (nSPS) is 11.2. The molecule has 0 saturated carbocycles. The number of thiophene rings is 1. The number of nitrogens with zero attached hydrogens (tertiary/aromatic N) is 2. The molecule has 8 heteroatoms. The molecule has 0 radical (unpaired) electrons. The first kappa shape index (κ1) is 22.0. The Balaban J connectivity index is 1.48. The molecule has 2 heterocycles. The van der Waals surface area contributed by atoms with Gasteiger partial charge in [0, 0.05) is 30.8 Å². The number of fused-ring (bicyclic) bond motifs is 1. The van der Waals surface area contributed by atoms with Crippen LogP contribution in [0.1, 0.15) is 28.2 Å². The summed E-state index contributed by atoms with van der Waals surface area (Å²) in [7, 11) is 4.01. The van der Waals surface area contributed by atoms with E-state index in [4.69, 9.17) is 4.74 Å². The van der Waals surface area contributed by atoms with Gasteiger partial charge in [0.25, 0.3) is 5.56 Å². The summed E-state index contributed by atoms with van der Waals surface area (Å²) in [5, 5.41) is 3.56. The maximum atomic E-state index is 12.3. The van der Waals surface area contributed by atoms with Crippen LogP contribution in [0, 0.1) is 13.8 Å². The van der Waals surface area contributed by atoms with Crippen LogP contribution in [0.3, 0.4) is 0 Å². The van der Waals surface area contributed by atoms with Crippen molar-refractivity contribution in [3.63, 3.8) is 0 Å². The Morgan fingerprint density at radius 3 is 2.67 bits per heavy atom. The van der Waals surface area contributed by atoms with Crippen molar-refractivity contribution < 1.29 is 9.53 Å². The first-order valence-corrected chi connectivity index (χ1v) is 10.8. The average Bonchev–Trinajstić information content (AvgIpc) is 2.99. The van der Waals surface area contributed by atoms with E-state index in [1.807, 2.05) is 52.2 Å². The number of aromatic amines is 1. The molecule has 2 aromatic heterocycles. The number of carbonyl (C=O) groups excluding carboxylic acids is 1. The molecule has 1 amide bonds. The van der Waals surface area contributed by atoms with Gasteiger partial charge in [-0.2, -0.15) is 0 Å². The molecule has 30 heavy (non-hydrogen) atoms. The number of hydrogen-bond acceptors (Lipinski definition) is 6. The molecule has 0 bridgehead atoms. The number of ether oxygens (including phenoxy) is 1. The van der Waals surface area contributed by atoms with Crippen LogP contribution >= 0.6 is 11.3 Å². The first-order chi connectivity index (χ1) is 14.3. The second-order valence-corrected chi connectivity index (χ2v) is 8.75. The van der Waals surface area contributed by atoms with Crippen LogP contribution in [-0.4, -0.2) is 48.0 Å². The highest BCUT2D eigenvalue weighted by atomic mass is 32.1. The number of amides is 1. The standard InChI is InChI=1S/C22H28N4O3S/c1-14-15(2)30-22-20(14)21(28)24-18(25-22)9-10-19(27)23-13-16-5-7-17(8-6-16)29-12-11-26(3)4/h5-8H,9-13H2,1-4H3,(H,23,27)(H,24,25,28). The first-order valence-electron chi connectivity index (χ1n) is 9.95. The van der Waals surface area contributed by atoms with Gasteiger partial charge in [0.05, 0.1) is 5.39 Å². The van der Waals surface area contributed by atoms with Gasteiger partial charge < -0.3 is 19.9 Å². The minimum absolute atomic E-state index is 0.0809. The topological polar surface area (TPSA) is 87.3 Å². The lowest BCUT2D eigenvalue weighted by atomic mass is 10.2. The summed E-state index contributed by atoms with van der Waals surface area (Å²) in [6.07, 6.45) is 0.662. The average molecular weight is 429 g/mol. The van der Waals surface area contributed by atoms with Gasteiger partial charge in [-0.25, -0.2) is 4.98 Å². The fourth-order valence-electron chi connectivity index (χ4n) is 2.99. The zero-order valence-corrected chi connectivity index (χ0v) is 18.7. The maximum absolute atomic E-state index is 12.3. The lowest BCUT2D eigenvalue weighted by Gasteiger charge is -2.11. The number of nitrogens with one attached hydrogen (secondary N) is 2. The molecule has 0 fully saturated rings. The van der Waals surface area contributed by atoms with Crippen molar-refractivity contribution in [2.24, 2.45) is 0 Å². The number of aryl methyl sites for hydroxylation is 3. The number of rotatable bonds is 9. The molecule has 3 aromatic rings. The zero-order valence-electron chi connectivity index (χ0n) is 17.9. The summed E-state index contributed by atoms with van der Waals surface area (Å²) in [4.78, 5) is 35.7. The minimum Gasteiger partial charge on any atom is -0.492 e. The molecule has 1 aromatic carbocycles. The van der Waals surface area contributed by atoms with E-state index in [1.54, 1.807) is 0 Å². The quantitative estimate of drug-likeness (QED) is 0.547. The smallest absolute Gasteiger partial charge is 0.259 e. The molecule has 0 atom stereocenters. The summed E-state index contributed by atoms with van der Waals surface area (Å²) in [5.41, 5.74) is 1.84. The van der Waals surface area contributed by atoms with Gasteiger partial charge in [-0.05, 0) is 51.2 Å². The van der Waals surface area contributed by atoms with Crippen molar-refractivity contribution in [2.75, 3.05) is 27.2 Å². The number of hydrogen-bond donors (Lipinski definition) is 2. The predicted molar refractivity (Wildman–Crippen MR) is 120 cm³/mol. The molecule has 0 aliphatic rings. The molecule has 0 aliphatic heterocycles. The van der Waals surface area contributed by atoms with Crippen LogP contribution in [-0.2, 0) is 17.8 Å². The van der Waals surface area contributed by atoms with Crippen molar-refractivity contribution in [1.82, 2.24) is 20.2 Å². The predicted octanol–water partition coefficient (Wildman–Crippen LogP) is 2.79. The third-order valence-corrected chi connectivity index (χ3v) is 6.00. The Kier molecular flexibility index (Phi) is 7.23. The molecular formula is C22H28N4O3S. The molecule has 0 spiro atoms. The van der Waals surface area contributed by atoms with Crippen LogP contribution in [0.25, 0.3) is 10.2 Å². The number of H-pyrrole nitrogens is 1. The molecule has 0 saturated heterocycles. The summed E-state index contributed by atoms with van der Waals surface area (Å²) < 4.78 is 5.67. The molecule has 2 N–H and O–H groups in total. The minimum atomic E-state index is -0.134. The monoisotopic (exact) mass is 428 g/mol. The zero-order chi connectivity index (χ0) is 21.7.